The van der Waals surface area contributed by atoms with Gasteiger partial charge in [-0.2, -0.15) is 0 Å². The third kappa shape index (κ3) is 2.52. The van der Waals surface area contributed by atoms with E-state index >= 15 is 0 Å². The van der Waals surface area contributed by atoms with Gasteiger partial charge < -0.3 is 10.2 Å². The molecule has 6 nitrogen and oxygen atoms in total. The molecule has 0 bridgehead atoms. The van der Waals surface area contributed by atoms with Crippen molar-refractivity contribution in [3.63, 3.8) is 0 Å². The Hall–Kier alpha value is -2.63. The van der Waals surface area contributed by atoms with E-state index in [1.807, 2.05) is 13.0 Å². The highest BCUT2D eigenvalue weighted by Gasteiger charge is 2.16. The van der Waals surface area contributed by atoms with Crippen LogP contribution in [0.25, 0.3) is 0 Å². The molecule has 0 saturated carbocycles. The normalized spacial score (nSPS) is 13.1. The van der Waals surface area contributed by atoms with Crippen molar-refractivity contribution in [2.24, 2.45) is 0 Å². The average molecular weight is 284 g/mol. The lowest BCUT2D eigenvalue weighted by molar-refractivity contribution is -0.385. The molecule has 0 amide bonds. The van der Waals surface area contributed by atoms with Crippen LogP contribution in [-0.4, -0.2) is 23.5 Å². The van der Waals surface area contributed by atoms with Gasteiger partial charge >= 0.3 is 0 Å². The SMILES string of the molecule is Cc1cc([N+](=O)[O-])cnc1Nc1ccc2c(c1)N(C)CC2. The number of aromatic nitrogens is 1. The second kappa shape index (κ2) is 5.05. The fourth-order valence-corrected chi connectivity index (χ4v) is 2.54. The summed E-state index contributed by atoms with van der Waals surface area (Å²) in [5.74, 6) is 0.640. The van der Waals surface area contributed by atoms with E-state index in [0.717, 1.165) is 24.2 Å². The van der Waals surface area contributed by atoms with Gasteiger partial charge in [-0.25, -0.2) is 4.98 Å². The third-order valence-electron chi connectivity index (χ3n) is 3.75. The average Bonchev–Trinajstić information content (AvgIpc) is 2.82. The van der Waals surface area contributed by atoms with E-state index in [2.05, 4.69) is 34.4 Å². The molecule has 2 aromatic rings. The van der Waals surface area contributed by atoms with E-state index < -0.39 is 4.92 Å². The zero-order valence-electron chi connectivity index (χ0n) is 12.0. The second-order valence-corrected chi connectivity index (χ2v) is 5.26. The molecule has 0 radical (unpaired) electrons. The molecule has 0 atom stereocenters. The van der Waals surface area contributed by atoms with E-state index in [1.54, 1.807) is 0 Å². The number of aryl methyl sites for hydroxylation is 1. The Bertz CT molecular complexity index is 715. The largest absolute Gasteiger partial charge is 0.374 e. The van der Waals surface area contributed by atoms with E-state index in [-0.39, 0.29) is 5.69 Å². The van der Waals surface area contributed by atoms with Crippen LogP contribution >= 0.6 is 0 Å². The Kier molecular flexibility index (Phi) is 3.21. The molecular formula is C15H16N4O2. The number of hydrogen-bond acceptors (Lipinski definition) is 5. The monoisotopic (exact) mass is 284 g/mol. The Morgan fingerprint density at radius 3 is 2.90 bits per heavy atom. The van der Waals surface area contributed by atoms with Gasteiger partial charge in [-0.15, -0.1) is 0 Å². The summed E-state index contributed by atoms with van der Waals surface area (Å²) in [5, 5.41) is 14.0. The van der Waals surface area contributed by atoms with E-state index in [0.29, 0.717) is 5.82 Å². The molecule has 0 spiro atoms. The van der Waals surface area contributed by atoms with Crippen molar-refractivity contribution in [2.75, 3.05) is 23.8 Å². The van der Waals surface area contributed by atoms with Crippen LogP contribution in [0.2, 0.25) is 0 Å². The molecule has 3 rings (SSSR count). The fourth-order valence-electron chi connectivity index (χ4n) is 2.54. The summed E-state index contributed by atoms with van der Waals surface area (Å²) in [6.07, 6.45) is 2.34. The van der Waals surface area contributed by atoms with Crippen molar-refractivity contribution in [2.45, 2.75) is 13.3 Å². The third-order valence-corrected chi connectivity index (χ3v) is 3.75. The van der Waals surface area contributed by atoms with Crippen LogP contribution in [0.5, 0.6) is 0 Å². The number of benzene rings is 1. The zero-order valence-corrected chi connectivity index (χ0v) is 12.0. The van der Waals surface area contributed by atoms with Crippen molar-refractivity contribution in [1.82, 2.24) is 4.98 Å². The highest BCUT2D eigenvalue weighted by Crippen LogP contribution is 2.31. The summed E-state index contributed by atoms with van der Waals surface area (Å²) in [7, 11) is 2.07. The molecular weight excluding hydrogens is 268 g/mol. The molecule has 0 aliphatic carbocycles. The fraction of sp³-hybridized carbons (Fsp3) is 0.267. The van der Waals surface area contributed by atoms with Gasteiger partial charge in [0.1, 0.15) is 12.0 Å². The number of nitrogens with one attached hydrogen (secondary N) is 1. The number of nitro groups is 1. The Morgan fingerprint density at radius 1 is 1.38 bits per heavy atom. The van der Waals surface area contributed by atoms with Gasteiger partial charge in [0.2, 0.25) is 0 Å². The number of pyridine rings is 1. The van der Waals surface area contributed by atoms with Crippen molar-refractivity contribution in [3.8, 4) is 0 Å². The predicted octanol–water partition coefficient (Wildman–Crippen LogP) is 3.03. The first kappa shape index (κ1) is 13.4. The van der Waals surface area contributed by atoms with Gasteiger partial charge in [0.15, 0.2) is 0 Å². The Balaban J connectivity index is 1.87. The number of anilines is 3. The predicted molar refractivity (Wildman–Crippen MR) is 82.3 cm³/mol. The van der Waals surface area contributed by atoms with Gasteiger partial charge in [0.25, 0.3) is 5.69 Å². The minimum atomic E-state index is -0.436. The maximum atomic E-state index is 10.7. The Morgan fingerprint density at radius 2 is 2.19 bits per heavy atom. The molecule has 6 heteroatoms. The number of fused-ring (bicyclic) bond motifs is 1. The molecule has 1 aromatic heterocycles. The summed E-state index contributed by atoms with van der Waals surface area (Å²) in [5.41, 5.74) is 4.26. The molecule has 0 fully saturated rings. The molecule has 1 aromatic carbocycles. The lowest BCUT2D eigenvalue weighted by Gasteiger charge is -2.14. The highest BCUT2D eigenvalue weighted by atomic mass is 16.6. The maximum Gasteiger partial charge on any atom is 0.287 e. The van der Waals surface area contributed by atoms with Crippen molar-refractivity contribution >= 4 is 22.9 Å². The number of hydrogen-bond donors (Lipinski definition) is 1. The lowest BCUT2D eigenvalue weighted by Crippen LogP contribution is -2.12. The molecule has 0 unspecified atom stereocenters. The molecule has 1 aliphatic heterocycles. The first-order valence-electron chi connectivity index (χ1n) is 6.77. The van der Waals surface area contributed by atoms with Gasteiger partial charge in [-0.1, -0.05) is 6.07 Å². The highest BCUT2D eigenvalue weighted by molar-refractivity contribution is 5.69. The van der Waals surface area contributed by atoms with Crippen molar-refractivity contribution in [1.29, 1.82) is 0 Å². The minimum absolute atomic E-state index is 0.00624. The van der Waals surface area contributed by atoms with Crippen molar-refractivity contribution < 1.29 is 4.92 Å². The first-order valence-corrected chi connectivity index (χ1v) is 6.77. The molecule has 1 aliphatic rings. The number of nitrogens with zero attached hydrogens (tertiary/aromatic N) is 3. The summed E-state index contributed by atoms with van der Waals surface area (Å²) in [6, 6.07) is 7.74. The van der Waals surface area contributed by atoms with Gasteiger partial charge in [0, 0.05) is 31.0 Å². The van der Waals surface area contributed by atoms with Gasteiger partial charge in [-0.05, 0) is 36.6 Å². The van der Waals surface area contributed by atoms with Gasteiger partial charge in [0.05, 0.1) is 4.92 Å². The Labute approximate surface area is 122 Å². The van der Waals surface area contributed by atoms with Crippen LogP contribution in [0.3, 0.4) is 0 Å². The topological polar surface area (TPSA) is 71.3 Å². The molecule has 21 heavy (non-hydrogen) atoms. The molecule has 108 valence electrons. The second-order valence-electron chi connectivity index (χ2n) is 5.26. The van der Waals surface area contributed by atoms with Crippen LogP contribution in [0.1, 0.15) is 11.1 Å². The standard InChI is InChI=1S/C15H16N4O2/c1-10-7-13(19(20)21)9-16-15(10)17-12-4-3-11-5-6-18(2)14(11)8-12/h3-4,7-9H,5-6H2,1-2H3,(H,16,17). The number of likely N-dealkylation sites (N-methyl/N-ethyl adjacent to an activating group) is 1. The van der Waals surface area contributed by atoms with Crippen LogP contribution in [0.4, 0.5) is 22.9 Å². The van der Waals surface area contributed by atoms with Gasteiger partial charge in [-0.3, -0.25) is 10.1 Å². The summed E-state index contributed by atoms with van der Waals surface area (Å²) < 4.78 is 0. The van der Waals surface area contributed by atoms with E-state index in [1.165, 1.54) is 23.5 Å². The molecule has 1 N–H and O–H groups in total. The summed E-state index contributed by atoms with van der Waals surface area (Å²) >= 11 is 0. The minimum Gasteiger partial charge on any atom is -0.374 e. The summed E-state index contributed by atoms with van der Waals surface area (Å²) in [6.45, 7) is 2.84. The smallest absolute Gasteiger partial charge is 0.287 e. The number of rotatable bonds is 3. The van der Waals surface area contributed by atoms with Crippen LogP contribution in [-0.2, 0) is 6.42 Å². The van der Waals surface area contributed by atoms with Crippen molar-refractivity contribution in [3.05, 3.63) is 51.7 Å². The van der Waals surface area contributed by atoms with E-state index in [4.69, 9.17) is 0 Å². The van der Waals surface area contributed by atoms with Crippen LogP contribution in [0, 0.1) is 17.0 Å². The lowest BCUT2D eigenvalue weighted by atomic mass is 10.1. The maximum absolute atomic E-state index is 10.7. The zero-order chi connectivity index (χ0) is 15.0. The molecule has 0 saturated heterocycles. The summed E-state index contributed by atoms with van der Waals surface area (Å²) in [4.78, 5) is 16.6. The quantitative estimate of drug-likeness (QED) is 0.693. The van der Waals surface area contributed by atoms with Crippen LogP contribution in [0.15, 0.2) is 30.5 Å². The van der Waals surface area contributed by atoms with Crippen LogP contribution < -0.4 is 10.2 Å². The first-order chi connectivity index (χ1) is 10.0. The van der Waals surface area contributed by atoms with E-state index in [9.17, 15) is 10.1 Å². The molecule has 2 heterocycles.